The van der Waals surface area contributed by atoms with E-state index in [0.29, 0.717) is 18.3 Å². The van der Waals surface area contributed by atoms with Crippen LogP contribution in [0, 0.1) is 0 Å². The Kier molecular flexibility index (Phi) is 6.10. The van der Waals surface area contributed by atoms with E-state index in [1.54, 1.807) is 0 Å². The second-order valence-electron chi connectivity index (χ2n) is 8.34. The van der Waals surface area contributed by atoms with Crippen LogP contribution in [0.3, 0.4) is 0 Å². The summed E-state index contributed by atoms with van der Waals surface area (Å²) in [5.41, 5.74) is 0.440. The first kappa shape index (κ1) is 18.9. The lowest BCUT2D eigenvalue weighted by Crippen LogP contribution is -2.49. The van der Waals surface area contributed by atoms with Gasteiger partial charge in [-0.15, -0.1) is 0 Å². The van der Waals surface area contributed by atoms with Crippen molar-refractivity contribution in [3.05, 3.63) is 17.5 Å². The second kappa shape index (κ2) is 8.71. The molecule has 0 unspecified atom stereocenters. The molecule has 0 aliphatic carbocycles. The number of aliphatic hydroxyl groups excluding tert-OH is 1. The Hall–Kier alpha value is -1.44. The Morgan fingerprint density at radius 3 is 2.56 bits per heavy atom. The van der Waals surface area contributed by atoms with Gasteiger partial charge >= 0.3 is 0 Å². The molecule has 27 heavy (non-hydrogen) atoms. The first-order valence-electron chi connectivity index (χ1n) is 10.6. The van der Waals surface area contributed by atoms with Crippen LogP contribution >= 0.6 is 0 Å². The van der Waals surface area contributed by atoms with Crippen molar-refractivity contribution in [3.8, 4) is 0 Å². The van der Waals surface area contributed by atoms with E-state index in [9.17, 15) is 9.90 Å². The molecule has 3 saturated heterocycles. The van der Waals surface area contributed by atoms with E-state index >= 15 is 0 Å². The number of piperidine rings is 2. The van der Waals surface area contributed by atoms with Crippen LogP contribution in [-0.4, -0.2) is 82.3 Å². The molecule has 1 aromatic rings. The minimum absolute atomic E-state index is 0.0166. The van der Waals surface area contributed by atoms with Crippen molar-refractivity contribution in [3.63, 3.8) is 0 Å². The molecule has 7 nitrogen and oxygen atoms in total. The van der Waals surface area contributed by atoms with Crippen LogP contribution in [0.1, 0.15) is 61.2 Å². The first-order valence-corrected chi connectivity index (χ1v) is 10.6. The van der Waals surface area contributed by atoms with Crippen molar-refractivity contribution in [2.24, 2.45) is 0 Å². The molecule has 0 radical (unpaired) electrons. The van der Waals surface area contributed by atoms with Gasteiger partial charge < -0.3 is 19.4 Å². The van der Waals surface area contributed by atoms with Crippen molar-refractivity contribution in [1.82, 2.24) is 19.9 Å². The van der Waals surface area contributed by atoms with Gasteiger partial charge in [0.2, 0.25) is 0 Å². The third kappa shape index (κ3) is 4.70. The van der Waals surface area contributed by atoms with Crippen LogP contribution in [0.4, 0.5) is 0 Å². The predicted octanol–water partition coefficient (Wildman–Crippen LogP) is 1.72. The van der Waals surface area contributed by atoms with Gasteiger partial charge in [0.25, 0.3) is 5.91 Å². The number of hydrogen-bond acceptors (Lipinski definition) is 6. The van der Waals surface area contributed by atoms with Crippen LogP contribution in [0.2, 0.25) is 0 Å². The maximum absolute atomic E-state index is 13.1. The fourth-order valence-electron chi connectivity index (χ4n) is 4.65. The van der Waals surface area contributed by atoms with Crippen molar-refractivity contribution in [2.75, 3.05) is 39.3 Å². The Labute approximate surface area is 161 Å². The van der Waals surface area contributed by atoms with Crippen molar-refractivity contribution in [1.29, 1.82) is 0 Å². The lowest BCUT2D eigenvalue weighted by molar-refractivity contribution is 0.0549. The number of nitrogens with zero attached hydrogens (tertiary/aromatic N) is 4. The Morgan fingerprint density at radius 2 is 1.78 bits per heavy atom. The summed E-state index contributed by atoms with van der Waals surface area (Å²) in [5, 5.41) is 13.7. The van der Waals surface area contributed by atoms with E-state index in [2.05, 4.69) is 15.0 Å². The lowest BCUT2D eigenvalue weighted by Gasteiger charge is -2.37. The summed E-state index contributed by atoms with van der Waals surface area (Å²) < 4.78 is 5.46. The molecule has 1 amide bonds. The molecule has 1 atom stereocenters. The van der Waals surface area contributed by atoms with Crippen LogP contribution in [0.15, 0.2) is 10.6 Å². The smallest absolute Gasteiger partial charge is 0.276 e. The van der Waals surface area contributed by atoms with Crippen molar-refractivity contribution in [2.45, 2.75) is 63.6 Å². The summed E-state index contributed by atoms with van der Waals surface area (Å²) in [7, 11) is 0. The van der Waals surface area contributed by atoms with Crippen molar-refractivity contribution < 1.29 is 14.4 Å². The van der Waals surface area contributed by atoms with Gasteiger partial charge in [-0.1, -0.05) is 5.16 Å². The van der Waals surface area contributed by atoms with Crippen molar-refractivity contribution >= 4 is 5.91 Å². The zero-order valence-electron chi connectivity index (χ0n) is 16.2. The molecule has 0 saturated carbocycles. The second-order valence-corrected chi connectivity index (χ2v) is 8.34. The van der Waals surface area contributed by atoms with Gasteiger partial charge in [-0.25, -0.2) is 0 Å². The number of amides is 1. The molecular weight excluding hydrogens is 344 g/mol. The fraction of sp³-hybridized carbons (Fsp3) is 0.800. The molecule has 3 fully saturated rings. The molecule has 4 rings (SSSR count). The van der Waals surface area contributed by atoms with Crippen LogP contribution < -0.4 is 0 Å². The SMILES string of the molecule is O=C(c1cc(CN2CCC(O)CC2)on1)N1CCCC[C@H]1CN1CCCC1. The predicted molar refractivity (Wildman–Crippen MR) is 101 cm³/mol. The quantitative estimate of drug-likeness (QED) is 0.844. The maximum Gasteiger partial charge on any atom is 0.276 e. The molecule has 1 aromatic heterocycles. The number of hydrogen-bond donors (Lipinski definition) is 1. The molecule has 4 heterocycles. The van der Waals surface area contributed by atoms with Gasteiger partial charge in [-0.05, 0) is 58.0 Å². The number of aliphatic hydroxyl groups is 1. The van der Waals surface area contributed by atoms with Gasteiger partial charge in [-0.3, -0.25) is 9.69 Å². The van der Waals surface area contributed by atoms with E-state index in [0.717, 1.165) is 70.7 Å². The lowest BCUT2D eigenvalue weighted by atomic mass is 10.0. The molecule has 7 heteroatoms. The normalized spacial score (nSPS) is 26.0. The van der Waals surface area contributed by atoms with E-state index in [1.807, 2.05) is 11.0 Å². The largest absolute Gasteiger partial charge is 0.393 e. The summed E-state index contributed by atoms with van der Waals surface area (Å²) in [6, 6.07) is 2.11. The van der Waals surface area contributed by atoms with Gasteiger partial charge in [0.05, 0.1) is 12.6 Å². The Balaban J connectivity index is 1.36. The first-order chi connectivity index (χ1) is 13.2. The minimum Gasteiger partial charge on any atom is -0.393 e. The zero-order valence-corrected chi connectivity index (χ0v) is 16.2. The topological polar surface area (TPSA) is 73.0 Å². The summed E-state index contributed by atoms with van der Waals surface area (Å²) in [5.74, 6) is 0.755. The van der Waals surface area contributed by atoms with E-state index < -0.39 is 0 Å². The van der Waals surface area contributed by atoms with Gasteiger partial charge in [-0.2, -0.15) is 0 Å². The van der Waals surface area contributed by atoms with Gasteiger partial charge in [0.1, 0.15) is 0 Å². The highest BCUT2D eigenvalue weighted by Gasteiger charge is 2.31. The van der Waals surface area contributed by atoms with Gasteiger partial charge in [0, 0.05) is 38.3 Å². The number of aromatic nitrogens is 1. The average molecular weight is 377 g/mol. The van der Waals surface area contributed by atoms with Gasteiger partial charge in [0.15, 0.2) is 11.5 Å². The molecule has 0 bridgehead atoms. The fourth-order valence-corrected chi connectivity index (χ4v) is 4.65. The Morgan fingerprint density at radius 1 is 1.04 bits per heavy atom. The highest BCUT2D eigenvalue weighted by molar-refractivity contribution is 5.92. The number of likely N-dealkylation sites (tertiary alicyclic amines) is 3. The molecule has 0 spiro atoms. The van der Waals surface area contributed by atoms with E-state index in [1.165, 1.54) is 19.3 Å². The minimum atomic E-state index is -0.181. The van der Waals surface area contributed by atoms with Crippen LogP contribution in [0.5, 0.6) is 0 Å². The average Bonchev–Trinajstić information content (AvgIpc) is 3.36. The summed E-state index contributed by atoms with van der Waals surface area (Å²) in [4.78, 5) is 19.8. The molecule has 3 aliphatic heterocycles. The maximum atomic E-state index is 13.1. The van der Waals surface area contributed by atoms with E-state index in [4.69, 9.17) is 4.52 Å². The number of carbonyl (C=O) groups is 1. The molecule has 0 aromatic carbocycles. The third-order valence-electron chi connectivity index (χ3n) is 6.27. The zero-order chi connectivity index (χ0) is 18.6. The Bertz CT molecular complexity index is 620. The van der Waals surface area contributed by atoms with E-state index in [-0.39, 0.29) is 12.0 Å². The van der Waals surface area contributed by atoms with Crippen LogP contribution in [-0.2, 0) is 6.54 Å². The monoisotopic (exact) mass is 376 g/mol. The summed E-state index contributed by atoms with van der Waals surface area (Å²) in [6.45, 7) is 6.51. The molecule has 150 valence electrons. The molecule has 3 aliphatic rings. The molecular formula is C20H32N4O3. The third-order valence-corrected chi connectivity index (χ3v) is 6.27. The summed E-state index contributed by atoms with van der Waals surface area (Å²) in [6.07, 6.45) is 7.33. The highest BCUT2D eigenvalue weighted by atomic mass is 16.5. The molecule has 1 N–H and O–H groups in total. The number of rotatable bonds is 5. The highest BCUT2D eigenvalue weighted by Crippen LogP contribution is 2.23. The standard InChI is InChI=1S/C20H32N4O3/c25-17-6-11-23(12-7-17)15-18-13-19(21-27-18)20(26)24-10-2-1-5-16(24)14-22-8-3-4-9-22/h13,16-17,25H,1-12,14-15H2/t16-/m0/s1. The van der Waals surface area contributed by atoms with Crippen LogP contribution in [0.25, 0.3) is 0 Å². The summed E-state index contributed by atoms with van der Waals surface area (Å²) >= 11 is 0. The number of carbonyl (C=O) groups excluding carboxylic acids is 1.